The Hall–Kier alpha value is -0.870. The molecule has 1 heterocycles. The van der Waals surface area contributed by atoms with Crippen LogP contribution in [0.4, 0.5) is 0 Å². The Kier molecular flexibility index (Phi) is 4.57. The second kappa shape index (κ2) is 6.17. The van der Waals surface area contributed by atoms with Gasteiger partial charge in [0.25, 0.3) is 0 Å². The van der Waals surface area contributed by atoms with Crippen molar-refractivity contribution in [3.63, 3.8) is 0 Å². The number of nitrogens with one attached hydrogen (secondary N) is 1. The zero-order valence-corrected chi connectivity index (χ0v) is 11.0. The lowest BCUT2D eigenvalue weighted by Crippen LogP contribution is -2.30. The molecular formula is C13H24N4. The Morgan fingerprint density at radius 2 is 2.35 bits per heavy atom. The van der Waals surface area contributed by atoms with E-state index in [4.69, 9.17) is 0 Å². The van der Waals surface area contributed by atoms with Crippen molar-refractivity contribution in [2.24, 2.45) is 0 Å². The van der Waals surface area contributed by atoms with Crippen molar-refractivity contribution in [3.8, 4) is 0 Å². The number of nitrogens with zero attached hydrogens (tertiary/aromatic N) is 3. The number of hydrogen-bond donors (Lipinski definition) is 1. The number of likely N-dealkylation sites (N-methyl/N-ethyl adjacent to an activating group) is 1. The third-order valence-electron chi connectivity index (χ3n) is 3.28. The first-order valence-electron chi connectivity index (χ1n) is 6.72. The average Bonchev–Trinajstić information content (AvgIpc) is 3.08. The summed E-state index contributed by atoms with van der Waals surface area (Å²) < 4.78 is 2.02. The highest BCUT2D eigenvalue weighted by Gasteiger charge is 2.25. The van der Waals surface area contributed by atoms with Crippen molar-refractivity contribution >= 4 is 0 Å². The molecule has 1 saturated carbocycles. The molecule has 0 saturated heterocycles. The van der Waals surface area contributed by atoms with Crippen LogP contribution in [0.5, 0.6) is 0 Å². The molecule has 4 nitrogen and oxygen atoms in total. The topological polar surface area (TPSA) is 33.1 Å². The van der Waals surface area contributed by atoms with Crippen molar-refractivity contribution < 1.29 is 0 Å². The van der Waals surface area contributed by atoms with E-state index in [9.17, 15) is 0 Å². The molecule has 0 amide bonds. The maximum Gasteiger partial charge on any atom is 0.0534 e. The summed E-state index contributed by atoms with van der Waals surface area (Å²) in [6.07, 6.45) is 8.02. The van der Waals surface area contributed by atoms with Gasteiger partial charge in [-0.1, -0.05) is 6.92 Å². The fourth-order valence-electron chi connectivity index (χ4n) is 2.04. The van der Waals surface area contributed by atoms with Gasteiger partial charge in [-0.2, -0.15) is 5.10 Å². The van der Waals surface area contributed by atoms with Gasteiger partial charge in [0.2, 0.25) is 0 Å². The van der Waals surface area contributed by atoms with Crippen molar-refractivity contribution in [1.29, 1.82) is 0 Å². The summed E-state index contributed by atoms with van der Waals surface area (Å²) in [7, 11) is 2.22. The van der Waals surface area contributed by atoms with E-state index in [2.05, 4.69) is 35.5 Å². The van der Waals surface area contributed by atoms with E-state index < -0.39 is 0 Å². The predicted octanol–water partition coefficient (Wildman–Crippen LogP) is 1.48. The van der Waals surface area contributed by atoms with Crippen LogP contribution >= 0.6 is 0 Å². The van der Waals surface area contributed by atoms with Gasteiger partial charge in [-0.25, -0.2) is 0 Å². The molecule has 0 spiro atoms. The van der Waals surface area contributed by atoms with E-state index in [0.717, 1.165) is 38.6 Å². The highest BCUT2D eigenvalue weighted by atomic mass is 15.3. The highest BCUT2D eigenvalue weighted by molar-refractivity contribution is 5.03. The van der Waals surface area contributed by atoms with Gasteiger partial charge in [0.05, 0.1) is 6.20 Å². The molecule has 1 aromatic rings. The van der Waals surface area contributed by atoms with E-state index in [1.54, 1.807) is 0 Å². The van der Waals surface area contributed by atoms with E-state index in [0.29, 0.717) is 0 Å². The molecule has 0 radical (unpaired) electrons. The second-order valence-corrected chi connectivity index (χ2v) is 5.00. The van der Waals surface area contributed by atoms with E-state index in [1.165, 1.54) is 18.4 Å². The van der Waals surface area contributed by atoms with Crippen LogP contribution in [0.15, 0.2) is 12.4 Å². The Balaban J connectivity index is 1.60. The SMILES string of the molecule is CCCn1cc(CNCCN(C)C2CC2)cn1. The van der Waals surface area contributed by atoms with Crippen LogP contribution in [0.25, 0.3) is 0 Å². The third-order valence-corrected chi connectivity index (χ3v) is 3.28. The molecule has 0 unspecified atom stereocenters. The quantitative estimate of drug-likeness (QED) is 0.694. The molecule has 0 bridgehead atoms. The van der Waals surface area contributed by atoms with Gasteiger partial charge in [0, 0.05) is 44.0 Å². The monoisotopic (exact) mass is 236 g/mol. The van der Waals surface area contributed by atoms with Crippen LogP contribution in [-0.2, 0) is 13.1 Å². The van der Waals surface area contributed by atoms with Gasteiger partial charge in [0.1, 0.15) is 0 Å². The Morgan fingerprint density at radius 1 is 1.53 bits per heavy atom. The molecule has 1 aliphatic carbocycles. The lowest BCUT2D eigenvalue weighted by atomic mass is 10.3. The minimum Gasteiger partial charge on any atom is -0.311 e. The highest BCUT2D eigenvalue weighted by Crippen LogP contribution is 2.24. The summed E-state index contributed by atoms with van der Waals surface area (Å²) in [6, 6.07) is 0.865. The van der Waals surface area contributed by atoms with Crippen molar-refractivity contribution in [3.05, 3.63) is 18.0 Å². The first kappa shape index (κ1) is 12.6. The first-order valence-corrected chi connectivity index (χ1v) is 6.72. The van der Waals surface area contributed by atoms with Crippen LogP contribution in [0, 0.1) is 0 Å². The van der Waals surface area contributed by atoms with Gasteiger partial charge in [-0.15, -0.1) is 0 Å². The minimum atomic E-state index is 0.865. The third kappa shape index (κ3) is 4.13. The van der Waals surface area contributed by atoms with Gasteiger partial charge >= 0.3 is 0 Å². The summed E-state index contributed by atoms with van der Waals surface area (Å²) in [4.78, 5) is 2.45. The predicted molar refractivity (Wildman–Crippen MR) is 69.9 cm³/mol. The normalized spacial score (nSPS) is 15.7. The van der Waals surface area contributed by atoms with Crippen molar-refractivity contribution in [2.75, 3.05) is 20.1 Å². The maximum absolute atomic E-state index is 4.32. The number of hydrogen-bond acceptors (Lipinski definition) is 3. The van der Waals surface area contributed by atoms with Crippen molar-refractivity contribution in [2.45, 2.75) is 45.3 Å². The molecule has 1 aromatic heterocycles. The molecule has 96 valence electrons. The molecule has 0 aromatic carbocycles. The van der Waals surface area contributed by atoms with E-state index in [1.807, 2.05) is 10.9 Å². The van der Waals surface area contributed by atoms with Crippen LogP contribution in [0.2, 0.25) is 0 Å². The maximum atomic E-state index is 4.32. The summed E-state index contributed by atoms with van der Waals surface area (Å²) in [5.41, 5.74) is 1.28. The summed E-state index contributed by atoms with van der Waals surface area (Å²) in [6.45, 7) is 6.33. The standard InChI is InChI=1S/C13H24N4/c1-3-7-17-11-12(10-15-17)9-14-6-8-16(2)13-4-5-13/h10-11,13-14H,3-9H2,1-2H3. The Morgan fingerprint density at radius 3 is 3.06 bits per heavy atom. The molecular weight excluding hydrogens is 212 g/mol. The average molecular weight is 236 g/mol. The van der Waals surface area contributed by atoms with E-state index in [-0.39, 0.29) is 0 Å². The van der Waals surface area contributed by atoms with Gasteiger partial charge in [0.15, 0.2) is 0 Å². The molecule has 2 rings (SSSR count). The van der Waals surface area contributed by atoms with Crippen LogP contribution in [0.3, 0.4) is 0 Å². The fourth-order valence-corrected chi connectivity index (χ4v) is 2.04. The van der Waals surface area contributed by atoms with Crippen LogP contribution in [-0.4, -0.2) is 40.9 Å². The summed E-state index contributed by atoms with van der Waals surface area (Å²) in [5.74, 6) is 0. The molecule has 0 aliphatic heterocycles. The van der Waals surface area contributed by atoms with E-state index >= 15 is 0 Å². The van der Waals surface area contributed by atoms with Gasteiger partial charge in [-0.05, 0) is 26.3 Å². The summed E-state index contributed by atoms with van der Waals surface area (Å²) in [5, 5.41) is 7.80. The lowest BCUT2D eigenvalue weighted by molar-refractivity contribution is 0.321. The molecule has 0 atom stereocenters. The Labute approximate surface area is 104 Å². The van der Waals surface area contributed by atoms with Gasteiger partial charge in [-0.3, -0.25) is 4.68 Å². The molecule has 1 fully saturated rings. The number of aromatic nitrogens is 2. The fraction of sp³-hybridized carbons (Fsp3) is 0.769. The van der Waals surface area contributed by atoms with Gasteiger partial charge < -0.3 is 10.2 Å². The molecule has 4 heteroatoms. The molecule has 17 heavy (non-hydrogen) atoms. The molecule has 1 N–H and O–H groups in total. The van der Waals surface area contributed by atoms with Crippen LogP contribution in [0.1, 0.15) is 31.7 Å². The minimum absolute atomic E-state index is 0.865. The second-order valence-electron chi connectivity index (χ2n) is 5.00. The number of rotatable bonds is 8. The Bertz CT molecular complexity index is 330. The molecule has 1 aliphatic rings. The zero-order valence-electron chi connectivity index (χ0n) is 11.0. The number of aryl methyl sites for hydroxylation is 1. The smallest absolute Gasteiger partial charge is 0.0534 e. The largest absolute Gasteiger partial charge is 0.311 e. The first-order chi connectivity index (χ1) is 8.29. The van der Waals surface area contributed by atoms with Crippen LogP contribution < -0.4 is 5.32 Å². The van der Waals surface area contributed by atoms with Crippen molar-refractivity contribution in [1.82, 2.24) is 20.0 Å². The zero-order chi connectivity index (χ0) is 12.1. The lowest BCUT2D eigenvalue weighted by Gasteiger charge is -2.15. The summed E-state index contributed by atoms with van der Waals surface area (Å²) >= 11 is 0.